The van der Waals surface area contributed by atoms with Crippen LogP contribution in [-0.4, -0.2) is 85.5 Å². The largest absolute Gasteiger partial charge is 0.378 e. The molecule has 9 nitrogen and oxygen atoms in total. The van der Waals surface area contributed by atoms with E-state index in [1.165, 1.54) is 56.1 Å². The number of nitrogens with two attached hydrogens (primary N) is 1. The minimum atomic E-state index is 0.162. The van der Waals surface area contributed by atoms with E-state index in [0.717, 1.165) is 55.8 Å². The summed E-state index contributed by atoms with van der Waals surface area (Å²) in [6, 6.07) is 19.1. The van der Waals surface area contributed by atoms with Gasteiger partial charge in [0.25, 0.3) is 0 Å². The topological polar surface area (TPSA) is 102 Å². The van der Waals surface area contributed by atoms with Gasteiger partial charge in [0.05, 0.1) is 32.5 Å². The highest BCUT2D eigenvalue weighted by molar-refractivity contribution is 6.30. The summed E-state index contributed by atoms with van der Waals surface area (Å²) in [6.45, 7) is 9.05. The van der Waals surface area contributed by atoms with Crippen molar-refractivity contribution in [3.8, 4) is 0 Å². The van der Waals surface area contributed by atoms with Crippen LogP contribution in [0.1, 0.15) is 81.3 Å². The molecule has 4 rings (SSSR count). The second-order valence-corrected chi connectivity index (χ2v) is 12.4. The fourth-order valence-electron chi connectivity index (χ4n) is 5.87. The smallest absolute Gasteiger partial charge is 0.230 e. The highest BCUT2D eigenvalue weighted by Crippen LogP contribution is 2.31. The molecule has 46 heavy (non-hydrogen) atoms. The SMILES string of the molecule is CCCCCCCCCCc1nc(NCCOCCOCCN)nc(N2CCN(C(c3ccccc3)c3ccc(Cl)cc3)CC2)n1. The van der Waals surface area contributed by atoms with Crippen LogP contribution in [0.25, 0.3) is 0 Å². The van der Waals surface area contributed by atoms with Gasteiger partial charge in [-0.1, -0.05) is 106 Å². The number of unbranched alkanes of at least 4 members (excludes halogenated alkanes) is 7. The summed E-state index contributed by atoms with van der Waals surface area (Å²) in [5.74, 6) is 2.24. The van der Waals surface area contributed by atoms with Crippen molar-refractivity contribution in [3.05, 3.63) is 76.6 Å². The summed E-state index contributed by atoms with van der Waals surface area (Å²) in [4.78, 5) is 19.5. The first kappa shape index (κ1) is 36.0. The Morgan fingerprint density at radius 3 is 2.11 bits per heavy atom. The Morgan fingerprint density at radius 1 is 0.761 bits per heavy atom. The molecule has 0 saturated carbocycles. The number of hydrogen-bond donors (Lipinski definition) is 2. The fraction of sp³-hybridized carbons (Fsp3) is 0.583. The molecular weight excluding hydrogens is 598 g/mol. The Morgan fingerprint density at radius 2 is 1.41 bits per heavy atom. The third kappa shape index (κ3) is 12.4. The van der Waals surface area contributed by atoms with E-state index in [2.05, 4.69) is 64.5 Å². The van der Waals surface area contributed by atoms with Gasteiger partial charge >= 0.3 is 0 Å². The third-order valence-electron chi connectivity index (χ3n) is 8.35. The minimum Gasteiger partial charge on any atom is -0.378 e. The molecule has 0 spiro atoms. The van der Waals surface area contributed by atoms with Gasteiger partial charge in [-0.2, -0.15) is 15.0 Å². The number of nitrogens with zero attached hydrogens (tertiary/aromatic N) is 5. The van der Waals surface area contributed by atoms with E-state index in [4.69, 9.17) is 41.8 Å². The molecule has 1 aromatic heterocycles. The van der Waals surface area contributed by atoms with Crippen LogP contribution in [0.5, 0.6) is 0 Å². The fourth-order valence-corrected chi connectivity index (χ4v) is 6.00. The highest BCUT2D eigenvalue weighted by atomic mass is 35.5. The van der Waals surface area contributed by atoms with Gasteiger partial charge < -0.3 is 25.4 Å². The number of nitrogens with one attached hydrogen (secondary N) is 1. The molecule has 252 valence electrons. The predicted molar refractivity (Wildman–Crippen MR) is 189 cm³/mol. The van der Waals surface area contributed by atoms with Crippen molar-refractivity contribution in [3.63, 3.8) is 0 Å². The van der Waals surface area contributed by atoms with E-state index >= 15 is 0 Å². The molecular formula is C36H54ClN7O2. The lowest BCUT2D eigenvalue weighted by Crippen LogP contribution is -2.48. The summed E-state index contributed by atoms with van der Waals surface area (Å²) < 4.78 is 11.1. The average molecular weight is 652 g/mol. The van der Waals surface area contributed by atoms with Crippen molar-refractivity contribution in [1.29, 1.82) is 0 Å². The molecule has 1 saturated heterocycles. The summed E-state index contributed by atoms with van der Waals surface area (Å²) in [7, 11) is 0. The van der Waals surface area contributed by atoms with Crippen LogP contribution in [-0.2, 0) is 15.9 Å². The molecule has 3 N–H and O–H groups in total. The molecule has 1 aliphatic rings. The maximum atomic E-state index is 6.24. The number of aryl methyl sites for hydroxylation is 1. The first-order valence-corrected chi connectivity index (χ1v) is 17.7. The van der Waals surface area contributed by atoms with Gasteiger partial charge in [-0.3, -0.25) is 4.90 Å². The molecule has 3 aromatic rings. The molecule has 0 radical (unpaired) electrons. The van der Waals surface area contributed by atoms with E-state index in [0.29, 0.717) is 45.5 Å². The molecule has 2 aromatic carbocycles. The molecule has 10 heteroatoms. The lowest BCUT2D eigenvalue weighted by atomic mass is 9.96. The number of hydrogen-bond acceptors (Lipinski definition) is 9. The summed E-state index contributed by atoms with van der Waals surface area (Å²) >= 11 is 6.24. The van der Waals surface area contributed by atoms with Crippen LogP contribution >= 0.6 is 11.6 Å². The molecule has 1 unspecified atom stereocenters. The summed E-state index contributed by atoms with van der Waals surface area (Å²) in [5, 5.41) is 4.13. The summed E-state index contributed by atoms with van der Waals surface area (Å²) in [6.07, 6.45) is 11.1. The number of anilines is 2. The maximum Gasteiger partial charge on any atom is 0.230 e. The number of aromatic nitrogens is 3. The summed E-state index contributed by atoms with van der Waals surface area (Å²) in [5.41, 5.74) is 8.00. The molecule has 0 bridgehead atoms. The van der Waals surface area contributed by atoms with E-state index in [1.807, 2.05) is 12.1 Å². The number of halogens is 1. The lowest BCUT2D eigenvalue weighted by Gasteiger charge is -2.39. The van der Waals surface area contributed by atoms with Crippen LogP contribution < -0.4 is 16.0 Å². The lowest BCUT2D eigenvalue weighted by molar-refractivity contribution is 0.0547. The monoisotopic (exact) mass is 651 g/mol. The highest BCUT2D eigenvalue weighted by Gasteiger charge is 2.28. The van der Waals surface area contributed by atoms with Gasteiger partial charge in [0.15, 0.2) is 0 Å². The van der Waals surface area contributed by atoms with Crippen molar-refractivity contribution in [2.75, 3.05) is 75.9 Å². The average Bonchev–Trinajstić information content (AvgIpc) is 3.09. The Balaban J connectivity index is 1.37. The molecule has 1 fully saturated rings. The molecule has 0 aliphatic carbocycles. The molecule has 1 aliphatic heterocycles. The van der Waals surface area contributed by atoms with Crippen molar-refractivity contribution in [2.24, 2.45) is 5.73 Å². The maximum absolute atomic E-state index is 6.24. The van der Waals surface area contributed by atoms with Gasteiger partial charge in [-0.15, -0.1) is 0 Å². The van der Waals surface area contributed by atoms with Crippen molar-refractivity contribution in [2.45, 2.75) is 70.8 Å². The second-order valence-electron chi connectivity index (χ2n) is 11.9. The number of benzene rings is 2. The van der Waals surface area contributed by atoms with Gasteiger partial charge in [-0.05, 0) is 29.7 Å². The molecule has 0 amide bonds. The van der Waals surface area contributed by atoms with E-state index in [1.54, 1.807) is 0 Å². The van der Waals surface area contributed by atoms with E-state index in [9.17, 15) is 0 Å². The van der Waals surface area contributed by atoms with Gasteiger partial charge in [-0.25, -0.2) is 0 Å². The number of rotatable bonds is 22. The zero-order chi connectivity index (χ0) is 32.2. The van der Waals surface area contributed by atoms with Crippen molar-refractivity contribution >= 4 is 23.5 Å². The van der Waals surface area contributed by atoms with Crippen molar-refractivity contribution in [1.82, 2.24) is 19.9 Å². The van der Waals surface area contributed by atoms with Crippen LogP contribution in [0.2, 0.25) is 5.02 Å². The van der Waals surface area contributed by atoms with Crippen LogP contribution in [0.4, 0.5) is 11.9 Å². The van der Waals surface area contributed by atoms with Crippen LogP contribution in [0, 0.1) is 0 Å². The predicted octanol–water partition coefficient (Wildman–Crippen LogP) is 6.52. The van der Waals surface area contributed by atoms with Gasteiger partial charge in [0, 0.05) is 50.7 Å². The first-order valence-electron chi connectivity index (χ1n) is 17.3. The second kappa shape index (κ2) is 21.1. The molecule has 2 heterocycles. The standard InChI is InChI=1S/C36H54ClN7O2/c1-2-3-4-5-6-7-8-12-15-33-40-35(39-21-27-46-29-28-45-26-20-38)42-36(41-33)44-24-22-43(23-25-44)34(30-13-10-9-11-14-30)31-16-18-32(37)19-17-31/h9-11,13-14,16-19,34H,2-8,12,15,20-29,38H2,1H3,(H,39,40,41,42). The quantitative estimate of drug-likeness (QED) is 0.118. The zero-order valence-corrected chi connectivity index (χ0v) is 28.5. The number of piperazine rings is 1. The number of ether oxygens (including phenoxy) is 2. The third-order valence-corrected chi connectivity index (χ3v) is 8.60. The van der Waals surface area contributed by atoms with Crippen molar-refractivity contribution < 1.29 is 9.47 Å². The Hall–Kier alpha value is -2.82. The Labute approximate surface area is 281 Å². The zero-order valence-electron chi connectivity index (χ0n) is 27.7. The Kier molecular flexibility index (Phi) is 16.5. The Bertz CT molecular complexity index is 1190. The van der Waals surface area contributed by atoms with Gasteiger partial charge in [0.1, 0.15) is 5.82 Å². The normalized spacial score (nSPS) is 14.5. The van der Waals surface area contributed by atoms with Crippen LogP contribution in [0.15, 0.2) is 54.6 Å². The van der Waals surface area contributed by atoms with Gasteiger partial charge in [0.2, 0.25) is 11.9 Å². The minimum absolute atomic E-state index is 0.162. The molecule has 1 atom stereocenters. The van der Waals surface area contributed by atoms with E-state index < -0.39 is 0 Å². The van der Waals surface area contributed by atoms with E-state index in [-0.39, 0.29) is 6.04 Å². The van der Waals surface area contributed by atoms with Crippen LogP contribution in [0.3, 0.4) is 0 Å². The first-order chi connectivity index (χ1) is 22.7.